The lowest BCUT2D eigenvalue weighted by Gasteiger charge is -2.45. The Morgan fingerprint density at radius 3 is 2.54 bits per heavy atom. The maximum Gasteiger partial charge on any atom is 0.0767 e. The zero-order valence-electron chi connectivity index (χ0n) is 9.15. The Morgan fingerprint density at radius 2 is 2.08 bits per heavy atom. The molecule has 2 heteroatoms. The van der Waals surface area contributed by atoms with E-state index in [4.69, 9.17) is 6.42 Å². The Morgan fingerprint density at radius 1 is 1.46 bits per heavy atom. The molecule has 0 atom stereocenters. The number of hydrogen-bond donors (Lipinski definition) is 1. The average molecular weight is 180 g/mol. The van der Waals surface area contributed by atoms with E-state index in [-0.39, 0.29) is 11.1 Å². The Kier molecular flexibility index (Phi) is 2.70. The molecule has 1 N–H and O–H groups in total. The van der Waals surface area contributed by atoms with Gasteiger partial charge in [-0.05, 0) is 27.7 Å². The summed E-state index contributed by atoms with van der Waals surface area (Å²) >= 11 is 0. The van der Waals surface area contributed by atoms with E-state index in [2.05, 4.69) is 43.8 Å². The van der Waals surface area contributed by atoms with E-state index < -0.39 is 0 Å². The summed E-state index contributed by atoms with van der Waals surface area (Å²) in [4.78, 5) is 2.36. The molecule has 0 aromatic rings. The van der Waals surface area contributed by atoms with Gasteiger partial charge in [0.25, 0.3) is 0 Å². The zero-order valence-corrected chi connectivity index (χ0v) is 9.15. The van der Waals surface area contributed by atoms with Crippen molar-refractivity contribution in [2.24, 2.45) is 0 Å². The number of piperazine rings is 1. The van der Waals surface area contributed by atoms with Crippen LogP contribution in [0.5, 0.6) is 0 Å². The molecular weight excluding hydrogens is 160 g/mol. The summed E-state index contributed by atoms with van der Waals surface area (Å²) in [7, 11) is 0. The molecule has 1 heterocycles. The number of nitrogens with one attached hydrogen (secondary N) is 1. The molecule has 0 aromatic heterocycles. The van der Waals surface area contributed by atoms with Gasteiger partial charge in [0.2, 0.25) is 0 Å². The Labute approximate surface area is 81.7 Å². The molecule has 0 aromatic carbocycles. The van der Waals surface area contributed by atoms with Crippen LogP contribution in [0.25, 0.3) is 0 Å². The Balaban J connectivity index is 2.68. The van der Waals surface area contributed by atoms with Crippen LogP contribution in [0.1, 0.15) is 27.7 Å². The van der Waals surface area contributed by atoms with E-state index in [0.29, 0.717) is 0 Å². The van der Waals surface area contributed by atoms with E-state index in [1.807, 2.05) is 0 Å². The van der Waals surface area contributed by atoms with Gasteiger partial charge in [0, 0.05) is 25.2 Å². The van der Waals surface area contributed by atoms with E-state index >= 15 is 0 Å². The van der Waals surface area contributed by atoms with E-state index in [1.54, 1.807) is 0 Å². The quantitative estimate of drug-likeness (QED) is 0.608. The van der Waals surface area contributed by atoms with E-state index in [0.717, 1.165) is 19.6 Å². The minimum absolute atomic E-state index is 0.112. The summed E-state index contributed by atoms with van der Waals surface area (Å²) in [6.45, 7) is 11.7. The first-order valence-electron chi connectivity index (χ1n) is 4.85. The van der Waals surface area contributed by atoms with Gasteiger partial charge in [-0.15, -0.1) is 6.42 Å². The predicted octanol–water partition coefficient (Wildman–Crippen LogP) is 1.08. The van der Waals surface area contributed by atoms with Gasteiger partial charge in [0.05, 0.1) is 5.54 Å². The molecule has 0 saturated carbocycles. The fourth-order valence-corrected chi connectivity index (χ4v) is 1.71. The van der Waals surface area contributed by atoms with Gasteiger partial charge >= 0.3 is 0 Å². The van der Waals surface area contributed by atoms with E-state index in [1.165, 1.54) is 0 Å². The molecule has 0 unspecified atom stereocenters. The van der Waals surface area contributed by atoms with Gasteiger partial charge < -0.3 is 5.32 Å². The molecule has 74 valence electrons. The molecule has 13 heavy (non-hydrogen) atoms. The van der Waals surface area contributed by atoms with Crippen LogP contribution < -0.4 is 5.32 Å². The third-order valence-corrected chi connectivity index (χ3v) is 2.72. The van der Waals surface area contributed by atoms with Crippen LogP contribution in [0.3, 0.4) is 0 Å². The molecule has 1 aliphatic heterocycles. The molecule has 1 rings (SSSR count). The molecular formula is C11H20N2. The number of nitrogens with zero attached hydrogens (tertiary/aromatic N) is 1. The highest BCUT2D eigenvalue weighted by atomic mass is 15.3. The summed E-state index contributed by atoms with van der Waals surface area (Å²) in [6.07, 6.45) is 5.51. The van der Waals surface area contributed by atoms with Crippen molar-refractivity contribution in [2.75, 3.05) is 19.6 Å². The SMILES string of the molecule is C#CC(C)(C)N1CCNC(C)(C)C1. The highest BCUT2D eigenvalue weighted by Crippen LogP contribution is 2.19. The first kappa shape index (κ1) is 10.6. The number of terminal acetylenes is 1. The summed E-state index contributed by atoms with van der Waals surface area (Å²) in [5.41, 5.74) is 0.0751. The van der Waals surface area contributed by atoms with Crippen LogP contribution in [0, 0.1) is 12.3 Å². The Bertz CT molecular complexity index is 223. The molecule has 0 bridgehead atoms. The van der Waals surface area contributed by atoms with Gasteiger partial charge in [0.1, 0.15) is 0 Å². The largest absolute Gasteiger partial charge is 0.309 e. The van der Waals surface area contributed by atoms with Gasteiger partial charge in [-0.25, -0.2) is 0 Å². The van der Waals surface area contributed by atoms with Crippen molar-refractivity contribution in [3.05, 3.63) is 0 Å². The minimum Gasteiger partial charge on any atom is -0.309 e. The van der Waals surface area contributed by atoms with Crippen LogP contribution >= 0.6 is 0 Å². The topological polar surface area (TPSA) is 15.3 Å². The second-order valence-electron chi connectivity index (χ2n) is 4.94. The first-order valence-corrected chi connectivity index (χ1v) is 4.85. The van der Waals surface area contributed by atoms with Crippen molar-refractivity contribution in [1.29, 1.82) is 0 Å². The van der Waals surface area contributed by atoms with Crippen molar-refractivity contribution >= 4 is 0 Å². The molecule has 2 nitrogen and oxygen atoms in total. The van der Waals surface area contributed by atoms with Gasteiger partial charge in [-0.3, -0.25) is 4.90 Å². The standard InChI is InChI=1S/C11H20N2/c1-6-11(4,5)13-8-7-12-10(2,3)9-13/h1,12H,7-9H2,2-5H3. The molecule has 0 radical (unpaired) electrons. The van der Waals surface area contributed by atoms with Crippen molar-refractivity contribution in [1.82, 2.24) is 10.2 Å². The van der Waals surface area contributed by atoms with Crippen LogP contribution in [0.15, 0.2) is 0 Å². The van der Waals surface area contributed by atoms with Crippen LogP contribution in [0.4, 0.5) is 0 Å². The third kappa shape index (κ3) is 2.46. The average Bonchev–Trinajstić information content (AvgIpc) is 2.03. The summed E-state index contributed by atoms with van der Waals surface area (Å²) in [5.74, 6) is 2.85. The fraction of sp³-hybridized carbons (Fsp3) is 0.818. The maximum absolute atomic E-state index is 5.51. The zero-order chi connectivity index (χ0) is 10.1. The van der Waals surface area contributed by atoms with Gasteiger partial charge in [-0.2, -0.15) is 0 Å². The van der Waals surface area contributed by atoms with Crippen LogP contribution in [-0.4, -0.2) is 35.6 Å². The van der Waals surface area contributed by atoms with Gasteiger partial charge in [0.15, 0.2) is 0 Å². The molecule has 1 aliphatic rings. The molecule has 1 saturated heterocycles. The lowest BCUT2D eigenvalue weighted by atomic mass is 9.96. The minimum atomic E-state index is -0.112. The van der Waals surface area contributed by atoms with Crippen LogP contribution in [0.2, 0.25) is 0 Å². The second-order valence-corrected chi connectivity index (χ2v) is 4.94. The van der Waals surface area contributed by atoms with Crippen LogP contribution in [-0.2, 0) is 0 Å². The molecule has 1 fully saturated rings. The molecule has 0 aliphatic carbocycles. The summed E-state index contributed by atoms with van der Waals surface area (Å²) in [5, 5.41) is 3.47. The first-order chi connectivity index (χ1) is 5.87. The highest BCUT2D eigenvalue weighted by molar-refractivity contribution is 5.10. The van der Waals surface area contributed by atoms with Crippen molar-refractivity contribution < 1.29 is 0 Å². The lowest BCUT2D eigenvalue weighted by molar-refractivity contribution is 0.0911. The number of hydrogen-bond acceptors (Lipinski definition) is 2. The Hall–Kier alpha value is -0.520. The third-order valence-electron chi connectivity index (χ3n) is 2.72. The monoisotopic (exact) mass is 180 g/mol. The van der Waals surface area contributed by atoms with Crippen molar-refractivity contribution in [2.45, 2.75) is 38.8 Å². The maximum atomic E-state index is 5.51. The van der Waals surface area contributed by atoms with E-state index in [9.17, 15) is 0 Å². The molecule has 0 amide bonds. The van der Waals surface area contributed by atoms with Crippen molar-refractivity contribution in [3.63, 3.8) is 0 Å². The lowest BCUT2D eigenvalue weighted by Crippen LogP contribution is -2.61. The fourth-order valence-electron chi connectivity index (χ4n) is 1.71. The van der Waals surface area contributed by atoms with Gasteiger partial charge in [-0.1, -0.05) is 5.92 Å². The normalized spacial score (nSPS) is 23.9. The van der Waals surface area contributed by atoms with Crippen molar-refractivity contribution in [3.8, 4) is 12.3 Å². The second kappa shape index (κ2) is 3.32. The smallest absolute Gasteiger partial charge is 0.0767 e. The predicted molar refractivity (Wildman–Crippen MR) is 56.6 cm³/mol. The summed E-state index contributed by atoms with van der Waals surface area (Å²) < 4.78 is 0. The summed E-state index contributed by atoms with van der Waals surface area (Å²) in [6, 6.07) is 0. The molecule has 0 spiro atoms. The highest BCUT2D eigenvalue weighted by Gasteiger charge is 2.33. The number of rotatable bonds is 1.